The van der Waals surface area contributed by atoms with Crippen LogP contribution in [0.2, 0.25) is 0 Å². The van der Waals surface area contributed by atoms with Gasteiger partial charge in [0.1, 0.15) is 0 Å². The number of rotatable bonds is 5. The van der Waals surface area contributed by atoms with Crippen molar-refractivity contribution in [1.82, 2.24) is 10.2 Å². The molecule has 1 fully saturated rings. The fraction of sp³-hybridized carbons (Fsp3) is 1.00. The molecule has 1 rings (SSSR count). The number of piperidine rings is 1. The molecule has 17 heavy (non-hydrogen) atoms. The summed E-state index contributed by atoms with van der Waals surface area (Å²) in [6.45, 7) is 12.9. The minimum atomic E-state index is 0.667. The summed E-state index contributed by atoms with van der Waals surface area (Å²) in [5, 5.41) is 3.85. The van der Waals surface area contributed by atoms with Crippen molar-refractivity contribution < 1.29 is 0 Å². The summed E-state index contributed by atoms with van der Waals surface area (Å²) in [5.41, 5.74) is 0. The Labute approximate surface area is 108 Å². The van der Waals surface area contributed by atoms with Crippen LogP contribution in [0.1, 0.15) is 53.9 Å². The van der Waals surface area contributed by atoms with E-state index < -0.39 is 0 Å². The van der Waals surface area contributed by atoms with Gasteiger partial charge in [-0.05, 0) is 52.0 Å². The van der Waals surface area contributed by atoms with E-state index in [2.05, 4.69) is 51.9 Å². The smallest absolute Gasteiger partial charge is 0.0122 e. The summed E-state index contributed by atoms with van der Waals surface area (Å²) in [6.07, 6.45) is 3.94. The van der Waals surface area contributed by atoms with Crippen LogP contribution in [0.3, 0.4) is 0 Å². The normalized spacial score (nSPS) is 33.0. The van der Waals surface area contributed by atoms with Crippen LogP contribution in [0.5, 0.6) is 0 Å². The molecule has 1 saturated heterocycles. The summed E-state index contributed by atoms with van der Waals surface area (Å²) in [4.78, 5) is 2.49. The van der Waals surface area contributed by atoms with Gasteiger partial charge in [0.15, 0.2) is 0 Å². The second-order valence-corrected chi connectivity index (χ2v) is 6.65. The second-order valence-electron chi connectivity index (χ2n) is 6.65. The van der Waals surface area contributed by atoms with Gasteiger partial charge in [0.05, 0.1) is 0 Å². The van der Waals surface area contributed by atoms with Gasteiger partial charge in [0.25, 0.3) is 0 Å². The second kappa shape index (κ2) is 6.75. The van der Waals surface area contributed by atoms with Crippen molar-refractivity contribution in [2.45, 2.75) is 72.0 Å². The number of nitrogens with one attached hydrogen (secondary N) is 1. The van der Waals surface area contributed by atoms with E-state index in [4.69, 9.17) is 0 Å². The maximum absolute atomic E-state index is 3.85. The van der Waals surface area contributed by atoms with E-state index in [1.807, 2.05) is 0 Å². The predicted molar refractivity (Wildman–Crippen MR) is 76.3 cm³/mol. The topological polar surface area (TPSA) is 15.3 Å². The maximum atomic E-state index is 3.85. The molecule has 0 amide bonds. The van der Waals surface area contributed by atoms with E-state index in [1.165, 1.54) is 25.8 Å². The van der Waals surface area contributed by atoms with Crippen molar-refractivity contribution >= 4 is 0 Å². The molecule has 0 radical (unpaired) electrons. The van der Waals surface area contributed by atoms with Crippen LogP contribution in [0.15, 0.2) is 0 Å². The highest BCUT2D eigenvalue weighted by atomic mass is 15.2. The zero-order valence-corrected chi connectivity index (χ0v) is 12.7. The van der Waals surface area contributed by atoms with E-state index in [0.717, 1.165) is 17.9 Å². The van der Waals surface area contributed by atoms with Gasteiger partial charge >= 0.3 is 0 Å². The van der Waals surface area contributed by atoms with Crippen LogP contribution in [0.4, 0.5) is 0 Å². The molecule has 0 aromatic heterocycles. The fourth-order valence-electron chi connectivity index (χ4n) is 2.81. The quantitative estimate of drug-likeness (QED) is 0.794. The SMILES string of the molecule is CC(C)CCC(C)NC1CC(C)N(C)CC1C. The molecule has 0 bridgehead atoms. The van der Waals surface area contributed by atoms with Crippen molar-refractivity contribution in [3.8, 4) is 0 Å². The molecule has 2 heteroatoms. The molecule has 0 aromatic rings. The Morgan fingerprint density at radius 3 is 2.41 bits per heavy atom. The first-order chi connectivity index (χ1) is 7.90. The summed E-state index contributed by atoms with van der Waals surface area (Å²) < 4.78 is 0. The van der Waals surface area contributed by atoms with Gasteiger partial charge in [0.2, 0.25) is 0 Å². The van der Waals surface area contributed by atoms with Crippen LogP contribution in [0.25, 0.3) is 0 Å². The third kappa shape index (κ3) is 4.97. The minimum absolute atomic E-state index is 0.667. The predicted octanol–water partition coefficient (Wildman–Crippen LogP) is 3.13. The van der Waals surface area contributed by atoms with Crippen molar-refractivity contribution in [1.29, 1.82) is 0 Å². The molecule has 4 unspecified atom stereocenters. The molecule has 1 N–H and O–H groups in total. The first kappa shape index (κ1) is 15.0. The van der Waals surface area contributed by atoms with Crippen molar-refractivity contribution in [2.75, 3.05) is 13.6 Å². The van der Waals surface area contributed by atoms with Crippen molar-refractivity contribution in [3.63, 3.8) is 0 Å². The van der Waals surface area contributed by atoms with Gasteiger partial charge < -0.3 is 10.2 Å². The lowest BCUT2D eigenvalue weighted by molar-refractivity contribution is 0.115. The van der Waals surface area contributed by atoms with Crippen molar-refractivity contribution in [2.24, 2.45) is 11.8 Å². The molecule has 1 heterocycles. The molecule has 4 atom stereocenters. The Kier molecular flexibility index (Phi) is 5.94. The maximum Gasteiger partial charge on any atom is 0.0122 e. The molecule has 1 aliphatic heterocycles. The standard InChI is InChI=1S/C15H32N2/c1-11(2)7-8-13(4)16-15-9-14(5)17(6)10-12(15)3/h11-16H,7-10H2,1-6H3. The van der Waals surface area contributed by atoms with Gasteiger partial charge in [-0.15, -0.1) is 0 Å². The summed E-state index contributed by atoms with van der Waals surface area (Å²) in [7, 11) is 2.25. The Bertz CT molecular complexity index is 215. The van der Waals surface area contributed by atoms with E-state index in [9.17, 15) is 0 Å². The lowest BCUT2D eigenvalue weighted by Crippen LogP contribution is -2.52. The Balaban J connectivity index is 2.34. The number of likely N-dealkylation sites (tertiary alicyclic amines) is 1. The summed E-state index contributed by atoms with van der Waals surface area (Å²) in [6, 6.07) is 2.10. The van der Waals surface area contributed by atoms with Crippen LogP contribution in [-0.2, 0) is 0 Å². The zero-order chi connectivity index (χ0) is 13.0. The first-order valence-corrected chi connectivity index (χ1v) is 7.36. The Morgan fingerprint density at radius 1 is 1.18 bits per heavy atom. The van der Waals surface area contributed by atoms with Crippen LogP contribution >= 0.6 is 0 Å². The Hall–Kier alpha value is -0.0800. The average Bonchev–Trinajstić information content (AvgIpc) is 2.23. The van der Waals surface area contributed by atoms with E-state index >= 15 is 0 Å². The highest BCUT2D eigenvalue weighted by molar-refractivity contribution is 4.87. The fourth-order valence-corrected chi connectivity index (χ4v) is 2.81. The van der Waals surface area contributed by atoms with Crippen LogP contribution < -0.4 is 5.32 Å². The lowest BCUT2D eigenvalue weighted by atomic mass is 9.89. The first-order valence-electron chi connectivity index (χ1n) is 7.36. The third-order valence-electron chi connectivity index (χ3n) is 4.29. The third-order valence-corrected chi connectivity index (χ3v) is 4.29. The molecular weight excluding hydrogens is 208 g/mol. The van der Waals surface area contributed by atoms with Gasteiger partial charge in [-0.1, -0.05) is 20.8 Å². The molecule has 0 saturated carbocycles. The molecule has 0 aromatic carbocycles. The number of hydrogen-bond acceptors (Lipinski definition) is 2. The molecule has 102 valence electrons. The van der Waals surface area contributed by atoms with Crippen LogP contribution in [-0.4, -0.2) is 36.6 Å². The Morgan fingerprint density at radius 2 is 1.82 bits per heavy atom. The summed E-state index contributed by atoms with van der Waals surface area (Å²) >= 11 is 0. The van der Waals surface area contributed by atoms with Gasteiger partial charge in [-0.2, -0.15) is 0 Å². The van der Waals surface area contributed by atoms with E-state index in [1.54, 1.807) is 0 Å². The monoisotopic (exact) mass is 240 g/mol. The minimum Gasteiger partial charge on any atom is -0.311 e. The zero-order valence-electron chi connectivity index (χ0n) is 12.7. The van der Waals surface area contributed by atoms with Gasteiger partial charge in [-0.3, -0.25) is 0 Å². The molecule has 2 nitrogen and oxygen atoms in total. The lowest BCUT2D eigenvalue weighted by Gasteiger charge is -2.41. The highest BCUT2D eigenvalue weighted by Crippen LogP contribution is 2.21. The summed E-state index contributed by atoms with van der Waals surface area (Å²) in [5.74, 6) is 1.60. The van der Waals surface area contributed by atoms with Crippen LogP contribution in [0, 0.1) is 11.8 Å². The molecular formula is C15H32N2. The average molecular weight is 240 g/mol. The van der Waals surface area contributed by atoms with Crippen molar-refractivity contribution in [3.05, 3.63) is 0 Å². The van der Waals surface area contributed by atoms with E-state index in [-0.39, 0.29) is 0 Å². The van der Waals surface area contributed by atoms with Gasteiger partial charge in [-0.25, -0.2) is 0 Å². The molecule has 0 spiro atoms. The number of hydrogen-bond donors (Lipinski definition) is 1. The van der Waals surface area contributed by atoms with Gasteiger partial charge in [0, 0.05) is 24.7 Å². The largest absolute Gasteiger partial charge is 0.311 e. The number of nitrogens with zero attached hydrogens (tertiary/aromatic N) is 1. The highest BCUT2D eigenvalue weighted by Gasteiger charge is 2.29. The molecule has 1 aliphatic rings. The van der Waals surface area contributed by atoms with E-state index in [0.29, 0.717) is 12.1 Å². The molecule has 0 aliphatic carbocycles.